The Hall–Kier alpha value is -2.41. The zero-order valence-corrected chi connectivity index (χ0v) is 19.0. The maximum atomic E-state index is 13.4. The van der Waals surface area contributed by atoms with E-state index in [2.05, 4.69) is 5.32 Å². The van der Waals surface area contributed by atoms with Crippen LogP contribution in [0.3, 0.4) is 0 Å². The molecule has 2 aromatic rings. The van der Waals surface area contributed by atoms with E-state index in [0.717, 1.165) is 16.1 Å². The van der Waals surface area contributed by atoms with Crippen molar-refractivity contribution in [1.29, 1.82) is 0 Å². The number of hydrogen-bond acceptors (Lipinski definition) is 6. The Bertz CT molecular complexity index is 1060. The molecule has 1 aromatic heterocycles. The van der Waals surface area contributed by atoms with Gasteiger partial charge in [0.1, 0.15) is 6.61 Å². The number of benzene rings is 1. The van der Waals surface area contributed by atoms with E-state index in [1.165, 1.54) is 11.3 Å². The first-order valence-electron chi connectivity index (χ1n) is 10.2. The van der Waals surface area contributed by atoms with E-state index < -0.39 is 11.9 Å². The predicted molar refractivity (Wildman–Crippen MR) is 121 cm³/mol. The lowest BCUT2D eigenvalue weighted by molar-refractivity contribution is -0.140. The number of hydrogen-bond donors (Lipinski definition) is 1. The molecule has 0 saturated heterocycles. The topological polar surface area (TPSA) is 64.6 Å². The van der Waals surface area contributed by atoms with Crippen LogP contribution in [0.15, 0.2) is 64.3 Å². The number of Topliss-reactive ketones (excluding diaryl/α,β-unsaturated/α-hetero) is 1. The molecule has 0 bridgehead atoms. The summed E-state index contributed by atoms with van der Waals surface area (Å²) in [5, 5.41) is 5.98. The van der Waals surface area contributed by atoms with Crippen molar-refractivity contribution >= 4 is 34.7 Å². The van der Waals surface area contributed by atoms with Gasteiger partial charge in [0.2, 0.25) is 0 Å². The number of halogens is 1. The standard InChI is InChI=1S/C24H24ClNO4S/c1-14-21(24(28)30-10-9-29-2)23(20-8-5-11-31-20)22-18(26-14)12-15(13-19(22)27)16-6-3-4-7-17(16)25/h3-8,11,15,23,26H,9-10,12-13H2,1-2H3. The van der Waals surface area contributed by atoms with Gasteiger partial charge in [0.15, 0.2) is 5.78 Å². The summed E-state index contributed by atoms with van der Waals surface area (Å²) in [5.41, 5.74) is 3.71. The van der Waals surface area contributed by atoms with E-state index >= 15 is 0 Å². The minimum Gasteiger partial charge on any atom is -0.460 e. The second-order valence-electron chi connectivity index (χ2n) is 7.68. The molecule has 2 aliphatic rings. The quantitative estimate of drug-likeness (QED) is 0.491. The maximum absolute atomic E-state index is 13.4. The molecule has 1 aliphatic heterocycles. The molecule has 2 atom stereocenters. The number of carbonyl (C=O) groups is 2. The first-order valence-corrected chi connectivity index (χ1v) is 11.4. The summed E-state index contributed by atoms with van der Waals surface area (Å²) in [6, 6.07) is 11.6. The lowest BCUT2D eigenvalue weighted by Gasteiger charge is -2.36. The van der Waals surface area contributed by atoms with Gasteiger partial charge >= 0.3 is 5.97 Å². The normalized spacial score (nSPS) is 21.1. The molecule has 162 valence electrons. The Labute approximate surface area is 190 Å². The Morgan fingerprint density at radius 1 is 1.19 bits per heavy atom. The van der Waals surface area contributed by atoms with Gasteiger partial charge in [-0.15, -0.1) is 11.3 Å². The highest BCUT2D eigenvalue weighted by atomic mass is 35.5. The van der Waals surface area contributed by atoms with Crippen LogP contribution in [0.1, 0.15) is 42.0 Å². The molecule has 5 nitrogen and oxygen atoms in total. The second-order valence-corrected chi connectivity index (χ2v) is 9.07. The largest absolute Gasteiger partial charge is 0.460 e. The molecule has 0 saturated carbocycles. The van der Waals surface area contributed by atoms with Crippen molar-refractivity contribution in [2.45, 2.75) is 31.6 Å². The highest BCUT2D eigenvalue weighted by Gasteiger charge is 2.42. The summed E-state index contributed by atoms with van der Waals surface area (Å²) in [5.74, 6) is -0.815. The number of thiophene rings is 1. The molecule has 1 aliphatic carbocycles. The van der Waals surface area contributed by atoms with Gasteiger partial charge < -0.3 is 14.8 Å². The maximum Gasteiger partial charge on any atom is 0.336 e. The number of nitrogens with one attached hydrogen (secondary N) is 1. The number of methoxy groups -OCH3 is 1. The van der Waals surface area contributed by atoms with Crippen LogP contribution in [0.2, 0.25) is 5.02 Å². The summed E-state index contributed by atoms with van der Waals surface area (Å²) in [6.07, 6.45) is 1.02. The van der Waals surface area contributed by atoms with Crippen molar-refractivity contribution in [2.75, 3.05) is 20.3 Å². The van der Waals surface area contributed by atoms with Crippen LogP contribution in [0.4, 0.5) is 0 Å². The van der Waals surface area contributed by atoms with Crippen LogP contribution in [0.25, 0.3) is 0 Å². The van der Waals surface area contributed by atoms with E-state index in [-0.39, 0.29) is 18.3 Å². The summed E-state index contributed by atoms with van der Waals surface area (Å²) in [7, 11) is 1.56. The van der Waals surface area contributed by atoms with Crippen LogP contribution in [-0.2, 0) is 19.1 Å². The Morgan fingerprint density at radius 2 is 2.00 bits per heavy atom. The van der Waals surface area contributed by atoms with E-state index in [9.17, 15) is 9.59 Å². The molecule has 0 amide bonds. The van der Waals surface area contributed by atoms with Gasteiger partial charge in [-0.2, -0.15) is 0 Å². The molecule has 2 unspecified atom stereocenters. The first-order chi connectivity index (χ1) is 15.0. The lowest BCUT2D eigenvalue weighted by atomic mass is 9.73. The molecule has 4 rings (SSSR count). The number of esters is 1. The summed E-state index contributed by atoms with van der Waals surface area (Å²) >= 11 is 7.95. The summed E-state index contributed by atoms with van der Waals surface area (Å²) in [4.78, 5) is 27.4. The minimum atomic E-state index is -0.425. The van der Waals surface area contributed by atoms with Gasteiger partial charge in [0.05, 0.1) is 18.1 Å². The van der Waals surface area contributed by atoms with Gasteiger partial charge in [-0.25, -0.2) is 4.79 Å². The molecule has 31 heavy (non-hydrogen) atoms. The average molecular weight is 458 g/mol. The third-order valence-electron chi connectivity index (χ3n) is 5.74. The molecular formula is C24H24ClNO4S. The lowest BCUT2D eigenvalue weighted by Crippen LogP contribution is -2.36. The van der Waals surface area contributed by atoms with E-state index in [1.807, 2.05) is 48.7 Å². The first kappa shape index (κ1) is 21.8. The summed E-state index contributed by atoms with van der Waals surface area (Å²) < 4.78 is 10.4. The van der Waals surface area contributed by atoms with Crippen molar-refractivity contribution in [1.82, 2.24) is 5.32 Å². The van der Waals surface area contributed by atoms with Crippen molar-refractivity contribution in [3.63, 3.8) is 0 Å². The highest BCUT2D eigenvalue weighted by Crippen LogP contribution is 2.47. The second kappa shape index (κ2) is 9.39. The molecule has 0 spiro atoms. The fourth-order valence-corrected chi connectivity index (χ4v) is 5.50. The average Bonchev–Trinajstić information content (AvgIpc) is 3.27. The van der Waals surface area contributed by atoms with E-state index in [4.69, 9.17) is 21.1 Å². The smallest absolute Gasteiger partial charge is 0.336 e. The molecule has 0 fully saturated rings. The van der Waals surface area contributed by atoms with Crippen molar-refractivity contribution in [2.24, 2.45) is 0 Å². The van der Waals surface area contributed by atoms with Gasteiger partial charge in [-0.1, -0.05) is 35.9 Å². The van der Waals surface area contributed by atoms with E-state index in [1.54, 1.807) is 7.11 Å². The predicted octanol–water partition coefficient (Wildman–Crippen LogP) is 4.95. The molecule has 0 radical (unpaired) electrons. The van der Waals surface area contributed by atoms with Crippen molar-refractivity contribution < 1.29 is 19.1 Å². The van der Waals surface area contributed by atoms with Crippen molar-refractivity contribution in [3.05, 3.63) is 79.8 Å². The number of allylic oxidation sites excluding steroid dienone is 3. The fourth-order valence-electron chi connectivity index (χ4n) is 4.37. The molecule has 2 heterocycles. The summed E-state index contributed by atoms with van der Waals surface area (Å²) in [6.45, 7) is 2.35. The number of carbonyl (C=O) groups excluding carboxylic acids is 2. The van der Waals surface area contributed by atoms with Gasteiger partial charge in [-0.05, 0) is 42.3 Å². The van der Waals surface area contributed by atoms with Crippen molar-refractivity contribution in [3.8, 4) is 0 Å². The minimum absolute atomic E-state index is 0.000518. The number of dihydropyridines is 1. The number of ether oxygens (including phenoxy) is 2. The Morgan fingerprint density at radius 3 is 2.71 bits per heavy atom. The Kier molecular flexibility index (Phi) is 6.60. The number of ketones is 1. The SMILES string of the molecule is COCCOC(=O)C1=C(C)NC2=C(C(=O)CC(c3ccccc3Cl)C2)C1c1cccs1. The molecule has 1 N–H and O–H groups in total. The van der Waals surface area contributed by atoms with Crippen LogP contribution >= 0.6 is 22.9 Å². The molecular weight excluding hydrogens is 434 g/mol. The van der Waals surface area contributed by atoms with Crippen LogP contribution in [0, 0.1) is 0 Å². The van der Waals surface area contributed by atoms with Gasteiger partial charge in [0.25, 0.3) is 0 Å². The van der Waals surface area contributed by atoms with Gasteiger partial charge in [0, 0.05) is 40.4 Å². The third-order valence-corrected chi connectivity index (χ3v) is 7.02. The van der Waals surface area contributed by atoms with Crippen LogP contribution < -0.4 is 5.32 Å². The number of rotatable bonds is 6. The monoisotopic (exact) mass is 457 g/mol. The van der Waals surface area contributed by atoms with Gasteiger partial charge in [-0.3, -0.25) is 4.79 Å². The fraction of sp³-hybridized carbons (Fsp3) is 0.333. The van der Waals surface area contributed by atoms with E-state index in [0.29, 0.717) is 41.3 Å². The van der Waals surface area contributed by atoms with Crippen LogP contribution in [-0.4, -0.2) is 32.1 Å². The molecule has 7 heteroatoms. The Balaban J connectivity index is 1.72. The zero-order valence-electron chi connectivity index (χ0n) is 17.4. The zero-order chi connectivity index (χ0) is 22.0. The third kappa shape index (κ3) is 4.33. The highest BCUT2D eigenvalue weighted by molar-refractivity contribution is 7.10. The molecule has 1 aromatic carbocycles. The van der Waals surface area contributed by atoms with Crippen LogP contribution in [0.5, 0.6) is 0 Å².